The molecular formula is C12H19NO. The number of nitrogens with two attached hydrogens (primary N) is 1. The van der Waals surface area contributed by atoms with E-state index in [-0.39, 0.29) is 17.2 Å². The van der Waals surface area contributed by atoms with Crippen LogP contribution in [0.2, 0.25) is 0 Å². The van der Waals surface area contributed by atoms with Crippen molar-refractivity contribution in [1.29, 1.82) is 0 Å². The maximum atomic E-state index is 11.4. The van der Waals surface area contributed by atoms with Crippen molar-refractivity contribution < 1.29 is 4.79 Å². The maximum absolute atomic E-state index is 11.4. The molecule has 0 heterocycles. The number of rotatable bonds is 1. The first kappa shape index (κ1) is 11.0. The Bertz CT molecular complexity index is 305. The summed E-state index contributed by atoms with van der Waals surface area (Å²) in [5, 5.41) is 0. The average molecular weight is 193 g/mol. The number of amides is 1. The molecule has 0 aromatic heterocycles. The van der Waals surface area contributed by atoms with E-state index in [4.69, 9.17) is 5.73 Å². The van der Waals surface area contributed by atoms with Crippen molar-refractivity contribution in [2.75, 3.05) is 0 Å². The van der Waals surface area contributed by atoms with Crippen LogP contribution in [0.1, 0.15) is 34.1 Å². The lowest BCUT2D eigenvalue weighted by Gasteiger charge is -2.28. The van der Waals surface area contributed by atoms with Crippen molar-refractivity contribution >= 4 is 5.91 Å². The van der Waals surface area contributed by atoms with Gasteiger partial charge in [-0.2, -0.15) is 0 Å². The van der Waals surface area contributed by atoms with Crippen LogP contribution >= 0.6 is 0 Å². The van der Waals surface area contributed by atoms with E-state index in [1.54, 1.807) is 0 Å². The normalized spacial score (nSPS) is 22.7. The Hall–Kier alpha value is -1.05. The number of carbonyl (C=O) groups excluding carboxylic acids is 1. The van der Waals surface area contributed by atoms with Gasteiger partial charge in [-0.05, 0) is 23.3 Å². The summed E-state index contributed by atoms with van der Waals surface area (Å²) < 4.78 is 0. The van der Waals surface area contributed by atoms with Crippen LogP contribution in [-0.4, -0.2) is 5.91 Å². The second-order valence-electron chi connectivity index (χ2n) is 4.98. The molecule has 0 spiro atoms. The lowest BCUT2D eigenvalue weighted by Crippen LogP contribution is -2.26. The Labute approximate surface area is 85.9 Å². The highest BCUT2D eigenvalue weighted by Gasteiger charge is 2.27. The first-order chi connectivity index (χ1) is 6.34. The van der Waals surface area contributed by atoms with E-state index in [2.05, 4.69) is 33.8 Å². The summed E-state index contributed by atoms with van der Waals surface area (Å²) in [6.45, 7) is 8.37. The quantitative estimate of drug-likeness (QED) is 0.682. The maximum Gasteiger partial charge on any atom is 0.245 e. The highest BCUT2D eigenvalue weighted by atomic mass is 16.1. The number of carbonyl (C=O) groups is 1. The molecule has 1 aliphatic carbocycles. The van der Waals surface area contributed by atoms with Gasteiger partial charge in [0, 0.05) is 5.57 Å². The van der Waals surface area contributed by atoms with Gasteiger partial charge in [-0.3, -0.25) is 4.79 Å². The van der Waals surface area contributed by atoms with Crippen molar-refractivity contribution in [2.45, 2.75) is 34.1 Å². The molecule has 1 rings (SSSR count). The van der Waals surface area contributed by atoms with Gasteiger partial charge in [0.05, 0.1) is 0 Å². The number of hydrogen-bond donors (Lipinski definition) is 1. The van der Waals surface area contributed by atoms with Gasteiger partial charge in [0.2, 0.25) is 5.91 Å². The van der Waals surface area contributed by atoms with Crippen LogP contribution < -0.4 is 5.73 Å². The summed E-state index contributed by atoms with van der Waals surface area (Å²) in [4.78, 5) is 11.4. The van der Waals surface area contributed by atoms with E-state index in [1.807, 2.05) is 6.08 Å². The Morgan fingerprint density at radius 1 is 1.50 bits per heavy atom. The van der Waals surface area contributed by atoms with Crippen molar-refractivity contribution in [3.63, 3.8) is 0 Å². The summed E-state index contributed by atoms with van der Waals surface area (Å²) >= 11 is 0. The average Bonchev–Trinajstić information content (AvgIpc) is 2.01. The number of allylic oxidation sites excluding steroid dienone is 3. The molecule has 2 nitrogen and oxygen atoms in total. The SMILES string of the molecule is CC1CC=CC(C(C)(C)C)=C1C(N)=O. The van der Waals surface area contributed by atoms with E-state index in [0.29, 0.717) is 0 Å². The predicted octanol–water partition coefficient (Wildman–Crippen LogP) is 2.41. The molecule has 0 fully saturated rings. The fourth-order valence-electron chi connectivity index (χ4n) is 1.89. The zero-order valence-corrected chi connectivity index (χ0v) is 9.42. The van der Waals surface area contributed by atoms with Crippen molar-refractivity contribution in [2.24, 2.45) is 17.1 Å². The minimum Gasteiger partial charge on any atom is -0.366 e. The van der Waals surface area contributed by atoms with E-state index in [0.717, 1.165) is 17.6 Å². The van der Waals surface area contributed by atoms with Crippen LogP contribution in [-0.2, 0) is 4.79 Å². The second kappa shape index (κ2) is 3.60. The third-order valence-electron chi connectivity index (χ3n) is 2.63. The topological polar surface area (TPSA) is 43.1 Å². The largest absolute Gasteiger partial charge is 0.366 e. The van der Waals surface area contributed by atoms with Crippen molar-refractivity contribution in [3.8, 4) is 0 Å². The number of hydrogen-bond acceptors (Lipinski definition) is 1. The third-order valence-corrected chi connectivity index (χ3v) is 2.63. The summed E-state index contributed by atoms with van der Waals surface area (Å²) in [5.74, 6) is -0.0153. The molecule has 2 N–H and O–H groups in total. The van der Waals surface area contributed by atoms with Crippen LogP contribution in [0.25, 0.3) is 0 Å². The highest BCUT2D eigenvalue weighted by molar-refractivity contribution is 5.94. The summed E-state index contributed by atoms with van der Waals surface area (Å²) in [7, 11) is 0. The Morgan fingerprint density at radius 3 is 2.43 bits per heavy atom. The lowest BCUT2D eigenvalue weighted by molar-refractivity contribution is -0.115. The van der Waals surface area contributed by atoms with Gasteiger partial charge >= 0.3 is 0 Å². The molecule has 1 aliphatic rings. The van der Waals surface area contributed by atoms with E-state index in [1.165, 1.54) is 0 Å². The lowest BCUT2D eigenvalue weighted by atomic mass is 9.76. The fourth-order valence-corrected chi connectivity index (χ4v) is 1.89. The fraction of sp³-hybridized carbons (Fsp3) is 0.583. The highest BCUT2D eigenvalue weighted by Crippen LogP contribution is 2.35. The van der Waals surface area contributed by atoms with Crippen LogP contribution in [0.3, 0.4) is 0 Å². The molecule has 1 unspecified atom stereocenters. The molecule has 2 heteroatoms. The summed E-state index contributed by atoms with van der Waals surface area (Å²) in [6.07, 6.45) is 5.08. The van der Waals surface area contributed by atoms with Gasteiger partial charge in [-0.15, -0.1) is 0 Å². The monoisotopic (exact) mass is 193 g/mol. The van der Waals surface area contributed by atoms with Gasteiger partial charge in [0.1, 0.15) is 0 Å². The van der Waals surface area contributed by atoms with Crippen molar-refractivity contribution in [3.05, 3.63) is 23.3 Å². The Balaban J connectivity index is 3.24. The molecule has 1 amide bonds. The Kier molecular flexibility index (Phi) is 2.84. The Morgan fingerprint density at radius 2 is 2.07 bits per heavy atom. The molecule has 0 bridgehead atoms. The molecule has 0 aromatic rings. The first-order valence-electron chi connectivity index (χ1n) is 5.05. The zero-order chi connectivity index (χ0) is 10.9. The van der Waals surface area contributed by atoms with Gasteiger partial charge in [-0.1, -0.05) is 39.8 Å². The molecule has 1 atom stereocenters. The minimum atomic E-state index is -0.272. The van der Waals surface area contributed by atoms with E-state index >= 15 is 0 Å². The van der Waals surface area contributed by atoms with Crippen LogP contribution in [0.15, 0.2) is 23.3 Å². The first-order valence-corrected chi connectivity index (χ1v) is 5.05. The van der Waals surface area contributed by atoms with Gasteiger partial charge in [0.15, 0.2) is 0 Å². The van der Waals surface area contributed by atoms with E-state index < -0.39 is 0 Å². The number of primary amides is 1. The van der Waals surface area contributed by atoms with Gasteiger partial charge in [-0.25, -0.2) is 0 Å². The molecule has 0 radical (unpaired) electrons. The minimum absolute atomic E-state index is 0.00442. The molecule has 78 valence electrons. The molecule has 0 aromatic carbocycles. The summed E-state index contributed by atoms with van der Waals surface area (Å²) in [6, 6.07) is 0. The van der Waals surface area contributed by atoms with Gasteiger partial charge < -0.3 is 5.73 Å². The molecule has 0 saturated heterocycles. The molecule has 14 heavy (non-hydrogen) atoms. The standard InChI is InChI=1S/C12H19NO/c1-8-6-5-7-9(12(2,3)4)10(8)11(13)14/h5,7-8H,6H2,1-4H3,(H2,13,14). The summed E-state index contributed by atoms with van der Waals surface area (Å²) in [5.41, 5.74) is 7.30. The molecular weight excluding hydrogens is 174 g/mol. The van der Waals surface area contributed by atoms with Gasteiger partial charge in [0.25, 0.3) is 0 Å². The second-order valence-corrected chi connectivity index (χ2v) is 4.98. The smallest absolute Gasteiger partial charge is 0.245 e. The molecule has 0 saturated carbocycles. The van der Waals surface area contributed by atoms with E-state index in [9.17, 15) is 4.79 Å². The van der Waals surface area contributed by atoms with Crippen LogP contribution in [0.5, 0.6) is 0 Å². The predicted molar refractivity (Wildman–Crippen MR) is 58.6 cm³/mol. The van der Waals surface area contributed by atoms with Crippen LogP contribution in [0.4, 0.5) is 0 Å². The third kappa shape index (κ3) is 2.06. The van der Waals surface area contributed by atoms with Crippen molar-refractivity contribution in [1.82, 2.24) is 0 Å². The zero-order valence-electron chi connectivity index (χ0n) is 9.42. The molecule has 0 aliphatic heterocycles. The van der Waals surface area contributed by atoms with Crippen LogP contribution in [0, 0.1) is 11.3 Å².